The number of hydrogen-bond donors (Lipinski definition) is 2. The van der Waals surface area contributed by atoms with Gasteiger partial charge in [0.2, 0.25) is 0 Å². The summed E-state index contributed by atoms with van der Waals surface area (Å²) in [6.45, 7) is 3.74. The standard InChI is InChI=1S/C20H22N2O5/c1-4-21-19(24)14-6-5-7-16(10-14)22-18(23)12-27-20(25)15-9-8-13(2)17(11-15)26-3/h5-11H,4,12H2,1-3H3,(H,21,24)(H,22,23). The Kier molecular flexibility index (Phi) is 6.93. The summed E-state index contributed by atoms with van der Waals surface area (Å²) in [5, 5.41) is 5.28. The van der Waals surface area contributed by atoms with Crippen LogP contribution >= 0.6 is 0 Å². The fraction of sp³-hybridized carbons (Fsp3) is 0.250. The van der Waals surface area contributed by atoms with E-state index in [4.69, 9.17) is 9.47 Å². The molecule has 142 valence electrons. The fourth-order valence-electron chi connectivity index (χ4n) is 2.36. The van der Waals surface area contributed by atoms with Crippen LogP contribution in [0.1, 0.15) is 33.2 Å². The zero-order valence-electron chi connectivity index (χ0n) is 15.5. The number of hydrogen-bond acceptors (Lipinski definition) is 5. The second-order valence-electron chi connectivity index (χ2n) is 5.75. The van der Waals surface area contributed by atoms with Gasteiger partial charge in [0, 0.05) is 17.8 Å². The molecular formula is C20H22N2O5. The number of rotatable bonds is 7. The molecule has 0 unspecified atom stereocenters. The molecule has 7 nitrogen and oxygen atoms in total. The lowest BCUT2D eigenvalue weighted by molar-refractivity contribution is -0.119. The molecular weight excluding hydrogens is 348 g/mol. The maximum absolute atomic E-state index is 12.1. The van der Waals surface area contributed by atoms with Crippen LogP contribution in [-0.2, 0) is 9.53 Å². The molecule has 2 aromatic rings. The number of carbonyl (C=O) groups excluding carboxylic acids is 3. The average molecular weight is 370 g/mol. The third-order valence-corrected chi connectivity index (χ3v) is 3.72. The SMILES string of the molecule is CCNC(=O)c1cccc(NC(=O)COC(=O)c2ccc(C)c(OC)c2)c1. The van der Waals surface area contributed by atoms with E-state index in [0.717, 1.165) is 5.56 Å². The van der Waals surface area contributed by atoms with Crippen molar-refractivity contribution in [3.63, 3.8) is 0 Å². The van der Waals surface area contributed by atoms with E-state index in [2.05, 4.69) is 10.6 Å². The quantitative estimate of drug-likeness (QED) is 0.731. The Morgan fingerprint density at radius 2 is 1.81 bits per heavy atom. The number of amides is 2. The van der Waals surface area contributed by atoms with Crippen molar-refractivity contribution in [2.45, 2.75) is 13.8 Å². The highest BCUT2D eigenvalue weighted by Gasteiger charge is 2.13. The van der Waals surface area contributed by atoms with Gasteiger partial charge in [0.25, 0.3) is 11.8 Å². The number of benzene rings is 2. The van der Waals surface area contributed by atoms with Gasteiger partial charge in [-0.25, -0.2) is 4.79 Å². The molecule has 0 aliphatic carbocycles. The Balaban J connectivity index is 1.93. The lowest BCUT2D eigenvalue weighted by Gasteiger charge is -2.09. The molecule has 0 aliphatic heterocycles. The van der Waals surface area contributed by atoms with Crippen LogP contribution in [0.25, 0.3) is 0 Å². The van der Waals surface area contributed by atoms with Gasteiger partial charge in [-0.1, -0.05) is 12.1 Å². The van der Waals surface area contributed by atoms with E-state index < -0.39 is 18.5 Å². The Morgan fingerprint density at radius 1 is 1.04 bits per heavy atom. The molecule has 0 fully saturated rings. The van der Waals surface area contributed by atoms with Crippen molar-refractivity contribution in [3.05, 3.63) is 59.2 Å². The van der Waals surface area contributed by atoms with Crippen molar-refractivity contribution < 1.29 is 23.9 Å². The molecule has 2 rings (SSSR count). The van der Waals surface area contributed by atoms with E-state index in [1.54, 1.807) is 42.5 Å². The van der Waals surface area contributed by atoms with Gasteiger partial charge in [0.05, 0.1) is 12.7 Å². The molecule has 2 amide bonds. The Labute approximate surface area is 157 Å². The van der Waals surface area contributed by atoms with Crippen LogP contribution in [-0.4, -0.2) is 38.0 Å². The normalized spacial score (nSPS) is 10.0. The summed E-state index contributed by atoms with van der Waals surface area (Å²) in [6.07, 6.45) is 0. The van der Waals surface area contributed by atoms with Gasteiger partial charge in [-0.3, -0.25) is 9.59 Å². The third kappa shape index (κ3) is 5.57. The number of aryl methyl sites for hydroxylation is 1. The van der Waals surface area contributed by atoms with Crippen molar-refractivity contribution in [1.82, 2.24) is 5.32 Å². The van der Waals surface area contributed by atoms with Gasteiger partial charge >= 0.3 is 5.97 Å². The summed E-state index contributed by atoms with van der Waals surface area (Å²) < 4.78 is 10.2. The van der Waals surface area contributed by atoms with Crippen LogP contribution in [0.15, 0.2) is 42.5 Å². The lowest BCUT2D eigenvalue weighted by atomic mass is 10.1. The van der Waals surface area contributed by atoms with Crippen molar-refractivity contribution in [2.75, 3.05) is 25.6 Å². The van der Waals surface area contributed by atoms with Crippen LogP contribution < -0.4 is 15.4 Å². The molecule has 2 N–H and O–H groups in total. The minimum absolute atomic E-state index is 0.228. The number of carbonyl (C=O) groups is 3. The summed E-state index contributed by atoms with van der Waals surface area (Å²) >= 11 is 0. The highest BCUT2D eigenvalue weighted by atomic mass is 16.5. The largest absolute Gasteiger partial charge is 0.496 e. The van der Waals surface area contributed by atoms with E-state index in [1.165, 1.54) is 7.11 Å². The number of ether oxygens (including phenoxy) is 2. The van der Waals surface area contributed by atoms with E-state index >= 15 is 0 Å². The molecule has 27 heavy (non-hydrogen) atoms. The Hall–Kier alpha value is -3.35. The van der Waals surface area contributed by atoms with Gasteiger partial charge < -0.3 is 20.1 Å². The maximum Gasteiger partial charge on any atom is 0.338 e. The van der Waals surface area contributed by atoms with Crippen LogP contribution in [0, 0.1) is 6.92 Å². The van der Waals surface area contributed by atoms with Gasteiger partial charge in [-0.2, -0.15) is 0 Å². The number of methoxy groups -OCH3 is 1. The van der Waals surface area contributed by atoms with Gasteiger partial charge in [0.1, 0.15) is 5.75 Å². The molecule has 0 saturated carbocycles. The molecule has 0 aliphatic rings. The van der Waals surface area contributed by atoms with Crippen molar-refractivity contribution in [1.29, 1.82) is 0 Å². The number of esters is 1. The predicted octanol–water partition coefficient (Wildman–Crippen LogP) is 2.55. The molecule has 0 radical (unpaired) electrons. The average Bonchev–Trinajstić information content (AvgIpc) is 2.67. The molecule has 0 heterocycles. The zero-order chi connectivity index (χ0) is 19.8. The summed E-state index contributed by atoms with van der Waals surface area (Å²) in [4.78, 5) is 35.9. The second kappa shape index (κ2) is 9.38. The van der Waals surface area contributed by atoms with Crippen LogP contribution in [0.5, 0.6) is 5.75 Å². The van der Waals surface area contributed by atoms with Gasteiger partial charge in [-0.05, 0) is 49.7 Å². The Morgan fingerprint density at radius 3 is 2.52 bits per heavy atom. The minimum Gasteiger partial charge on any atom is -0.496 e. The number of anilines is 1. The first-order valence-electron chi connectivity index (χ1n) is 8.44. The summed E-state index contributed by atoms with van der Waals surface area (Å²) in [5.41, 5.74) is 2.05. The zero-order valence-corrected chi connectivity index (χ0v) is 15.5. The highest BCUT2D eigenvalue weighted by Crippen LogP contribution is 2.19. The van der Waals surface area contributed by atoms with Crippen molar-refractivity contribution in [3.8, 4) is 5.75 Å². The first-order chi connectivity index (χ1) is 12.9. The van der Waals surface area contributed by atoms with Crippen LogP contribution in [0.2, 0.25) is 0 Å². The summed E-state index contributed by atoms with van der Waals surface area (Å²) in [6, 6.07) is 11.4. The fourth-order valence-corrected chi connectivity index (χ4v) is 2.36. The van der Waals surface area contributed by atoms with Crippen LogP contribution in [0.4, 0.5) is 5.69 Å². The molecule has 7 heteroatoms. The summed E-state index contributed by atoms with van der Waals surface area (Å²) in [7, 11) is 1.51. The second-order valence-corrected chi connectivity index (χ2v) is 5.75. The van der Waals surface area contributed by atoms with E-state index in [0.29, 0.717) is 29.1 Å². The Bertz CT molecular complexity index is 848. The van der Waals surface area contributed by atoms with E-state index in [-0.39, 0.29) is 5.91 Å². The first-order valence-corrected chi connectivity index (χ1v) is 8.44. The first kappa shape index (κ1) is 20.0. The maximum atomic E-state index is 12.1. The number of nitrogens with one attached hydrogen (secondary N) is 2. The molecule has 0 spiro atoms. The molecule has 0 bridgehead atoms. The monoisotopic (exact) mass is 370 g/mol. The van der Waals surface area contributed by atoms with Crippen LogP contribution in [0.3, 0.4) is 0 Å². The van der Waals surface area contributed by atoms with E-state index in [9.17, 15) is 14.4 Å². The van der Waals surface area contributed by atoms with Crippen molar-refractivity contribution in [2.24, 2.45) is 0 Å². The smallest absolute Gasteiger partial charge is 0.338 e. The lowest BCUT2D eigenvalue weighted by Crippen LogP contribution is -2.23. The topological polar surface area (TPSA) is 93.7 Å². The predicted molar refractivity (Wildman–Crippen MR) is 101 cm³/mol. The summed E-state index contributed by atoms with van der Waals surface area (Å²) in [5.74, 6) is -0.792. The van der Waals surface area contributed by atoms with Gasteiger partial charge in [-0.15, -0.1) is 0 Å². The molecule has 0 aromatic heterocycles. The highest BCUT2D eigenvalue weighted by molar-refractivity contribution is 5.98. The third-order valence-electron chi connectivity index (χ3n) is 3.72. The van der Waals surface area contributed by atoms with Crippen molar-refractivity contribution >= 4 is 23.5 Å². The molecule has 2 aromatic carbocycles. The molecule has 0 saturated heterocycles. The van der Waals surface area contributed by atoms with E-state index in [1.807, 2.05) is 13.8 Å². The van der Waals surface area contributed by atoms with Gasteiger partial charge in [0.15, 0.2) is 6.61 Å². The molecule has 0 atom stereocenters. The minimum atomic E-state index is -0.625.